The molecule has 254 valence electrons. The molecule has 1 heterocycles. The molecule has 0 unspecified atom stereocenters. The fourth-order valence-electron chi connectivity index (χ4n) is 5.80. The Labute approximate surface area is 298 Å². The molecule has 0 amide bonds. The van der Waals surface area contributed by atoms with Crippen LogP contribution < -0.4 is 19.6 Å². The summed E-state index contributed by atoms with van der Waals surface area (Å²) >= 11 is 0. The van der Waals surface area contributed by atoms with Crippen molar-refractivity contribution in [2.45, 2.75) is 0 Å². The summed E-state index contributed by atoms with van der Waals surface area (Å²) in [5, 5.41) is 0. The molecule has 5 rings (SSSR count). The minimum Gasteiger partial charge on any atom is -0.377 e. The van der Waals surface area contributed by atoms with Gasteiger partial charge in [0, 0.05) is 79.1 Å². The van der Waals surface area contributed by atoms with Crippen molar-refractivity contribution < 1.29 is 0 Å². The predicted molar refractivity (Wildman–Crippen MR) is 221 cm³/mol. The number of para-hydroxylation sites is 4. The number of aromatic nitrogens is 2. The lowest BCUT2D eigenvalue weighted by Gasteiger charge is -2.16. The molecule has 50 heavy (non-hydrogen) atoms. The Bertz CT molecular complexity index is 1740. The Hall–Kier alpha value is -5.88. The summed E-state index contributed by atoms with van der Waals surface area (Å²) in [5.41, 5.74) is 12.1. The average Bonchev–Trinajstić information content (AvgIpc) is 3.12. The zero-order valence-electron chi connectivity index (χ0n) is 30.5. The second-order valence-electron chi connectivity index (χ2n) is 12.9. The van der Waals surface area contributed by atoms with Gasteiger partial charge in [0.25, 0.3) is 0 Å². The molecule has 5 aromatic rings. The van der Waals surface area contributed by atoms with E-state index in [0.29, 0.717) is 0 Å². The summed E-state index contributed by atoms with van der Waals surface area (Å²) in [5.74, 6) is 0. The van der Waals surface area contributed by atoms with Gasteiger partial charge in [-0.05, 0) is 70.8 Å². The Morgan fingerprint density at radius 2 is 0.500 bits per heavy atom. The van der Waals surface area contributed by atoms with Crippen LogP contribution in [0.3, 0.4) is 0 Å². The van der Waals surface area contributed by atoms with E-state index in [0.717, 1.165) is 67.8 Å². The van der Waals surface area contributed by atoms with E-state index in [-0.39, 0.29) is 0 Å². The van der Waals surface area contributed by atoms with E-state index >= 15 is 0 Å². The lowest BCUT2D eigenvalue weighted by molar-refractivity contribution is 1.12. The SMILES string of the molecule is CN(C)c1ccccc1C=Cc1nc(C=Cc2ccccc2N(C)C)c(C=Cc2ccccc2N(C)C)nc1C=Cc1ccccc1N(C)C. The normalized spacial score (nSPS) is 11.7. The molecule has 0 saturated heterocycles. The molecule has 0 fully saturated rings. The maximum Gasteiger partial charge on any atom is 0.0894 e. The first kappa shape index (κ1) is 35.4. The molecule has 0 bridgehead atoms. The molecule has 1 aromatic heterocycles. The third kappa shape index (κ3) is 8.77. The fraction of sp³-hybridized carbons (Fsp3) is 0.182. The number of nitrogens with zero attached hydrogens (tertiary/aromatic N) is 6. The molecule has 0 saturated carbocycles. The molecule has 6 nitrogen and oxygen atoms in total. The van der Waals surface area contributed by atoms with Crippen LogP contribution >= 0.6 is 0 Å². The number of rotatable bonds is 12. The third-order valence-electron chi connectivity index (χ3n) is 8.36. The Morgan fingerprint density at radius 1 is 0.300 bits per heavy atom. The lowest BCUT2D eigenvalue weighted by atomic mass is 10.1. The van der Waals surface area contributed by atoms with Crippen LogP contribution in [-0.2, 0) is 0 Å². The van der Waals surface area contributed by atoms with Gasteiger partial charge in [-0.25, -0.2) is 9.97 Å². The first-order valence-corrected chi connectivity index (χ1v) is 16.8. The highest BCUT2D eigenvalue weighted by molar-refractivity contribution is 5.86. The summed E-state index contributed by atoms with van der Waals surface area (Å²) in [7, 11) is 16.5. The van der Waals surface area contributed by atoms with Gasteiger partial charge in [0.1, 0.15) is 0 Å². The zero-order valence-corrected chi connectivity index (χ0v) is 30.5. The van der Waals surface area contributed by atoms with E-state index in [1.807, 2.05) is 0 Å². The van der Waals surface area contributed by atoms with Gasteiger partial charge in [-0.15, -0.1) is 0 Å². The first-order chi connectivity index (χ1) is 24.1. The van der Waals surface area contributed by atoms with Gasteiger partial charge < -0.3 is 19.6 Å². The summed E-state index contributed by atoms with van der Waals surface area (Å²) < 4.78 is 0. The van der Waals surface area contributed by atoms with Gasteiger partial charge in [-0.3, -0.25) is 0 Å². The van der Waals surface area contributed by atoms with Gasteiger partial charge in [0.05, 0.1) is 22.8 Å². The largest absolute Gasteiger partial charge is 0.377 e. The van der Waals surface area contributed by atoms with E-state index < -0.39 is 0 Å². The van der Waals surface area contributed by atoms with Gasteiger partial charge in [0.15, 0.2) is 0 Å². The summed E-state index contributed by atoms with van der Waals surface area (Å²) in [6.45, 7) is 0. The average molecular weight is 661 g/mol. The topological polar surface area (TPSA) is 38.7 Å². The van der Waals surface area contributed by atoms with Crippen LogP contribution in [0.25, 0.3) is 48.6 Å². The molecule has 0 radical (unpaired) electrons. The van der Waals surface area contributed by atoms with E-state index in [2.05, 4.69) is 222 Å². The molecular formula is C44H48N6. The van der Waals surface area contributed by atoms with Crippen LogP contribution in [-0.4, -0.2) is 66.3 Å². The van der Waals surface area contributed by atoms with Gasteiger partial charge in [0.2, 0.25) is 0 Å². The molecule has 0 N–H and O–H groups in total. The van der Waals surface area contributed by atoms with Gasteiger partial charge >= 0.3 is 0 Å². The van der Waals surface area contributed by atoms with Crippen LogP contribution in [0.5, 0.6) is 0 Å². The molecule has 0 spiro atoms. The second-order valence-corrected chi connectivity index (χ2v) is 12.9. The van der Waals surface area contributed by atoms with Crippen molar-refractivity contribution in [3.8, 4) is 0 Å². The minimum absolute atomic E-state index is 0.781. The summed E-state index contributed by atoms with van der Waals surface area (Å²) in [6, 6.07) is 33.5. The maximum atomic E-state index is 5.30. The summed E-state index contributed by atoms with van der Waals surface area (Å²) in [6.07, 6.45) is 16.8. The quantitative estimate of drug-likeness (QED) is 0.133. The molecular weight excluding hydrogens is 613 g/mol. The van der Waals surface area contributed by atoms with E-state index in [4.69, 9.17) is 9.97 Å². The van der Waals surface area contributed by atoms with Crippen LogP contribution in [0.1, 0.15) is 45.0 Å². The molecule has 0 atom stereocenters. The molecule has 0 aliphatic rings. The van der Waals surface area contributed by atoms with Crippen molar-refractivity contribution in [3.63, 3.8) is 0 Å². The van der Waals surface area contributed by atoms with Crippen molar-refractivity contribution in [1.29, 1.82) is 0 Å². The first-order valence-electron chi connectivity index (χ1n) is 16.8. The standard InChI is InChI=1S/C44H48N6/c1-47(2)41-21-13-9-17-33(41)25-29-37-38(30-26-34-18-10-14-22-42(34)48(3)4)46-40(32-28-36-20-12-16-24-44(36)50(7)8)39(45-37)31-27-35-19-11-15-23-43(35)49(5)6/h9-32H,1-8H3. The molecule has 4 aromatic carbocycles. The van der Waals surface area contributed by atoms with Crippen molar-refractivity contribution in [2.24, 2.45) is 0 Å². The van der Waals surface area contributed by atoms with E-state index in [9.17, 15) is 0 Å². The Morgan fingerprint density at radius 3 is 0.700 bits per heavy atom. The molecule has 0 aliphatic heterocycles. The predicted octanol–water partition coefficient (Wildman–Crippen LogP) is 9.42. The van der Waals surface area contributed by atoms with E-state index in [1.54, 1.807) is 0 Å². The van der Waals surface area contributed by atoms with Crippen LogP contribution in [0.2, 0.25) is 0 Å². The van der Waals surface area contributed by atoms with Crippen LogP contribution in [0.4, 0.5) is 22.7 Å². The van der Waals surface area contributed by atoms with Crippen molar-refractivity contribution in [3.05, 3.63) is 142 Å². The minimum atomic E-state index is 0.781. The highest BCUT2D eigenvalue weighted by atomic mass is 15.1. The van der Waals surface area contributed by atoms with E-state index in [1.165, 1.54) is 0 Å². The van der Waals surface area contributed by atoms with Crippen molar-refractivity contribution in [1.82, 2.24) is 9.97 Å². The molecule has 0 aliphatic carbocycles. The number of hydrogen-bond acceptors (Lipinski definition) is 6. The monoisotopic (exact) mass is 660 g/mol. The maximum absolute atomic E-state index is 5.30. The zero-order chi connectivity index (χ0) is 35.6. The number of anilines is 4. The van der Waals surface area contributed by atoms with Crippen LogP contribution in [0, 0.1) is 0 Å². The number of benzene rings is 4. The number of hydrogen-bond donors (Lipinski definition) is 0. The van der Waals surface area contributed by atoms with Crippen molar-refractivity contribution in [2.75, 3.05) is 76.0 Å². The third-order valence-corrected chi connectivity index (χ3v) is 8.36. The summed E-state index contributed by atoms with van der Waals surface area (Å²) in [4.78, 5) is 19.1. The lowest BCUT2D eigenvalue weighted by Crippen LogP contribution is -2.10. The van der Waals surface area contributed by atoms with Gasteiger partial charge in [-0.1, -0.05) is 97.1 Å². The second kappa shape index (κ2) is 16.5. The molecule has 6 heteroatoms. The highest BCUT2D eigenvalue weighted by Crippen LogP contribution is 2.27. The fourth-order valence-corrected chi connectivity index (χ4v) is 5.80. The van der Waals surface area contributed by atoms with Crippen LogP contribution in [0.15, 0.2) is 97.1 Å². The van der Waals surface area contributed by atoms with Gasteiger partial charge in [-0.2, -0.15) is 0 Å². The van der Waals surface area contributed by atoms with Crippen molar-refractivity contribution >= 4 is 71.4 Å². The Balaban J connectivity index is 1.71. The smallest absolute Gasteiger partial charge is 0.0894 e. The Kier molecular flexibility index (Phi) is 11.7. The highest BCUT2D eigenvalue weighted by Gasteiger charge is 2.11.